The zero-order valence-electron chi connectivity index (χ0n) is 19.1. The molecule has 33 heavy (non-hydrogen) atoms. The number of barbiturate groups is 1. The van der Waals surface area contributed by atoms with E-state index in [0.29, 0.717) is 19.6 Å². The van der Waals surface area contributed by atoms with E-state index in [9.17, 15) is 19.2 Å². The molecule has 2 fully saturated rings. The number of urea groups is 1. The monoisotopic (exact) mass is 468 g/mol. The minimum Gasteiger partial charge on any atom is -0.312 e. The first-order valence-electron chi connectivity index (χ1n) is 11.3. The SMILES string of the molecule is Cc1ccc(CC2(CN3C[C@@H]4C[C@H](C3)c3cccc(=O)n3C4)C(=O)N(C)C(=O)N(C)C2=O)s1. The summed E-state index contributed by atoms with van der Waals surface area (Å²) in [5.74, 6) is -0.412. The number of rotatable bonds is 4. The molecule has 2 aromatic heterocycles. The first kappa shape index (κ1) is 22.0. The molecule has 174 valence electrons. The lowest BCUT2D eigenvalue weighted by atomic mass is 9.76. The summed E-state index contributed by atoms with van der Waals surface area (Å²) in [6, 6.07) is 8.77. The summed E-state index contributed by atoms with van der Waals surface area (Å²) in [6.07, 6.45) is 1.27. The molecule has 0 spiro atoms. The number of aromatic nitrogens is 1. The van der Waals surface area contributed by atoms with Crippen LogP contribution in [0.5, 0.6) is 0 Å². The quantitative estimate of drug-likeness (QED) is 0.641. The number of fused-ring (bicyclic) bond motifs is 4. The molecular weight excluding hydrogens is 440 g/mol. The first-order chi connectivity index (χ1) is 15.7. The molecule has 2 saturated heterocycles. The van der Waals surface area contributed by atoms with Crippen LogP contribution >= 0.6 is 11.3 Å². The number of carbonyl (C=O) groups excluding carboxylic acids is 3. The van der Waals surface area contributed by atoms with Crippen molar-refractivity contribution in [1.82, 2.24) is 19.3 Å². The fourth-order valence-corrected chi connectivity index (χ4v) is 6.86. The lowest BCUT2D eigenvalue weighted by Gasteiger charge is -2.48. The first-order valence-corrected chi connectivity index (χ1v) is 12.1. The van der Waals surface area contributed by atoms with Crippen molar-refractivity contribution in [2.75, 3.05) is 33.7 Å². The number of carbonyl (C=O) groups is 3. The molecule has 0 aromatic carbocycles. The van der Waals surface area contributed by atoms with Crippen LogP contribution in [0.25, 0.3) is 0 Å². The number of hydrogen-bond donors (Lipinski definition) is 0. The maximum Gasteiger partial charge on any atom is 0.332 e. The lowest BCUT2D eigenvalue weighted by Crippen LogP contribution is -2.67. The molecule has 2 atom stereocenters. The molecule has 8 nitrogen and oxygen atoms in total. The molecule has 2 bridgehead atoms. The summed E-state index contributed by atoms with van der Waals surface area (Å²) >= 11 is 1.58. The third-order valence-corrected chi connectivity index (χ3v) is 8.32. The van der Waals surface area contributed by atoms with Crippen molar-refractivity contribution in [2.45, 2.75) is 32.2 Å². The van der Waals surface area contributed by atoms with E-state index in [2.05, 4.69) is 4.90 Å². The standard InChI is InChI=1S/C24H28N4O4S/c1-15-7-8-18(33-15)10-24(21(30)25(2)23(32)26(3)22(24)31)14-27-11-16-9-17(13-27)19-5-4-6-20(29)28(19)12-16/h4-8,16-17H,9-14H2,1-3H3/t16-,17+/m0/s1. The molecule has 0 aliphatic carbocycles. The average molecular weight is 469 g/mol. The van der Waals surface area contributed by atoms with Gasteiger partial charge in [-0.15, -0.1) is 11.3 Å². The van der Waals surface area contributed by atoms with Crippen LogP contribution in [0.4, 0.5) is 4.79 Å². The fraction of sp³-hybridized carbons (Fsp3) is 0.500. The molecule has 2 aromatic rings. The van der Waals surface area contributed by atoms with Gasteiger partial charge in [0, 0.05) is 74.1 Å². The second-order valence-corrected chi connectivity index (χ2v) is 11.0. The van der Waals surface area contributed by atoms with Crippen LogP contribution < -0.4 is 5.56 Å². The molecule has 3 aliphatic heterocycles. The Balaban J connectivity index is 1.50. The van der Waals surface area contributed by atoms with Crippen LogP contribution in [0.1, 0.15) is 27.8 Å². The maximum absolute atomic E-state index is 13.6. The van der Waals surface area contributed by atoms with Crippen LogP contribution in [0, 0.1) is 18.3 Å². The van der Waals surface area contributed by atoms with Crippen molar-refractivity contribution in [3.8, 4) is 0 Å². The van der Waals surface area contributed by atoms with E-state index in [1.165, 1.54) is 14.1 Å². The van der Waals surface area contributed by atoms with E-state index >= 15 is 0 Å². The Labute approximate surface area is 196 Å². The van der Waals surface area contributed by atoms with Crippen LogP contribution in [-0.2, 0) is 22.6 Å². The number of pyridine rings is 1. The topological polar surface area (TPSA) is 82.9 Å². The van der Waals surface area contributed by atoms with Crippen molar-refractivity contribution >= 4 is 29.2 Å². The van der Waals surface area contributed by atoms with Crippen molar-refractivity contribution < 1.29 is 14.4 Å². The normalized spacial score (nSPS) is 24.9. The van der Waals surface area contributed by atoms with Crippen molar-refractivity contribution in [3.05, 3.63) is 56.1 Å². The third-order valence-electron chi connectivity index (χ3n) is 7.32. The van der Waals surface area contributed by atoms with E-state index in [1.54, 1.807) is 23.5 Å². The van der Waals surface area contributed by atoms with Gasteiger partial charge in [-0.05, 0) is 37.5 Å². The summed E-state index contributed by atoms with van der Waals surface area (Å²) in [6.45, 7) is 4.29. The Morgan fingerprint density at radius 2 is 1.70 bits per heavy atom. The molecule has 3 aliphatic rings. The second-order valence-electron chi connectivity index (χ2n) is 9.67. The number of thiophene rings is 1. The Bertz CT molecular complexity index is 1180. The summed E-state index contributed by atoms with van der Waals surface area (Å²) in [5, 5.41) is 0. The van der Waals surface area contributed by atoms with Gasteiger partial charge >= 0.3 is 6.03 Å². The summed E-state index contributed by atoms with van der Waals surface area (Å²) in [7, 11) is 2.91. The number of aryl methyl sites for hydroxylation is 1. The van der Waals surface area contributed by atoms with Gasteiger partial charge in [0.05, 0.1) is 0 Å². The molecule has 0 unspecified atom stereocenters. The Morgan fingerprint density at radius 3 is 2.36 bits per heavy atom. The van der Waals surface area contributed by atoms with Gasteiger partial charge in [-0.25, -0.2) is 4.79 Å². The largest absolute Gasteiger partial charge is 0.332 e. The molecule has 9 heteroatoms. The Hall–Kier alpha value is -2.78. The van der Waals surface area contributed by atoms with E-state index in [4.69, 9.17) is 0 Å². The molecular formula is C24H28N4O4S. The van der Waals surface area contributed by atoms with E-state index in [-0.39, 0.29) is 30.4 Å². The summed E-state index contributed by atoms with van der Waals surface area (Å²) in [5.41, 5.74) is -0.298. The minimum absolute atomic E-state index is 0.0274. The average Bonchev–Trinajstić information content (AvgIpc) is 3.20. The summed E-state index contributed by atoms with van der Waals surface area (Å²) in [4.78, 5) is 58.4. The van der Waals surface area contributed by atoms with Crippen LogP contribution in [0.3, 0.4) is 0 Å². The number of likely N-dealkylation sites (tertiary alicyclic amines) is 1. The van der Waals surface area contributed by atoms with Gasteiger partial charge in [0.25, 0.3) is 5.56 Å². The van der Waals surface area contributed by atoms with E-state index in [1.807, 2.05) is 29.7 Å². The van der Waals surface area contributed by atoms with Crippen LogP contribution in [0.15, 0.2) is 35.1 Å². The Morgan fingerprint density at radius 1 is 0.970 bits per heavy atom. The second kappa shape index (κ2) is 7.92. The number of amides is 4. The highest BCUT2D eigenvalue weighted by Gasteiger charge is 2.56. The summed E-state index contributed by atoms with van der Waals surface area (Å²) < 4.78 is 1.87. The highest BCUT2D eigenvalue weighted by Crippen LogP contribution is 2.39. The molecule has 0 radical (unpaired) electrons. The third kappa shape index (κ3) is 3.54. The van der Waals surface area contributed by atoms with Gasteiger partial charge in [-0.3, -0.25) is 24.2 Å². The number of hydrogen-bond acceptors (Lipinski definition) is 6. The maximum atomic E-state index is 13.6. The van der Waals surface area contributed by atoms with E-state index in [0.717, 1.165) is 31.7 Å². The fourth-order valence-electron chi connectivity index (χ4n) is 5.86. The van der Waals surface area contributed by atoms with E-state index < -0.39 is 23.3 Å². The van der Waals surface area contributed by atoms with Crippen LogP contribution in [0.2, 0.25) is 0 Å². The molecule has 0 saturated carbocycles. The predicted molar refractivity (Wildman–Crippen MR) is 124 cm³/mol. The van der Waals surface area contributed by atoms with Crippen molar-refractivity contribution in [2.24, 2.45) is 11.3 Å². The predicted octanol–water partition coefficient (Wildman–Crippen LogP) is 1.92. The number of nitrogens with zero attached hydrogens (tertiary/aromatic N) is 4. The van der Waals surface area contributed by atoms with Gasteiger partial charge in [-0.2, -0.15) is 0 Å². The minimum atomic E-state index is -1.35. The van der Waals surface area contributed by atoms with Crippen molar-refractivity contribution in [3.63, 3.8) is 0 Å². The zero-order chi connectivity index (χ0) is 23.5. The van der Waals surface area contributed by atoms with Gasteiger partial charge in [0.2, 0.25) is 11.8 Å². The lowest BCUT2D eigenvalue weighted by molar-refractivity contribution is -0.159. The van der Waals surface area contributed by atoms with Crippen molar-refractivity contribution in [1.29, 1.82) is 0 Å². The highest BCUT2D eigenvalue weighted by molar-refractivity contribution is 7.11. The molecule has 5 rings (SSSR count). The smallest absolute Gasteiger partial charge is 0.312 e. The number of imide groups is 2. The van der Waals surface area contributed by atoms with Gasteiger partial charge in [-0.1, -0.05) is 6.07 Å². The van der Waals surface area contributed by atoms with Gasteiger partial charge < -0.3 is 9.47 Å². The Kier molecular flexibility index (Phi) is 5.29. The molecule has 0 N–H and O–H groups in total. The van der Waals surface area contributed by atoms with Gasteiger partial charge in [0.15, 0.2) is 0 Å². The molecule has 5 heterocycles. The van der Waals surface area contributed by atoms with Crippen LogP contribution in [-0.4, -0.2) is 70.8 Å². The highest BCUT2D eigenvalue weighted by atomic mass is 32.1. The number of piperidine rings is 1. The molecule has 4 amide bonds. The zero-order valence-corrected chi connectivity index (χ0v) is 19.9. The van der Waals surface area contributed by atoms with Gasteiger partial charge in [0.1, 0.15) is 5.41 Å².